The van der Waals surface area contributed by atoms with E-state index in [-0.39, 0.29) is 5.91 Å². The number of aromatic nitrogens is 1. The molecule has 24 heavy (non-hydrogen) atoms. The molecule has 0 bridgehead atoms. The number of nitrogens with one attached hydrogen (secondary N) is 2. The van der Waals surface area contributed by atoms with E-state index in [4.69, 9.17) is 11.6 Å². The molecule has 3 rings (SSSR count). The summed E-state index contributed by atoms with van der Waals surface area (Å²) in [5.74, 6) is 0.00679. The van der Waals surface area contributed by atoms with Gasteiger partial charge in [0.05, 0.1) is 12.1 Å². The Hall–Kier alpha value is -1.59. The van der Waals surface area contributed by atoms with Crippen LogP contribution in [0.25, 0.3) is 0 Å². The molecule has 2 N–H and O–H groups in total. The van der Waals surface area contributed by atoms with Crippen molar-refractivity contribution in [2.75, 3.05) is 5.32 Å². The van der Waals surface area contributed by atoms with E-state index in [0.29, 0.717) is 22.6 Å². The van der Waals surface area contributed by atoms with Gasteiger partial charge in [-0.3, -0.25) is 4.79 Å². The minimum atomic E-state index is 0.00679. The first-order valence-corrected chi connectivity index (χ1v) is 9.66. The smallest absolute Gasteiger partial charge is 0.253 e. The Labute approximate surface area is 151 Å². The van der Waals surface area contributed by atoms with Crippen LogP contribution in [0.2, 0.25) is 4.47 Å². The third kappa shape index (κ3) is 4.71. The van der Waals surface area contributed by atoms with E-state index in [1.807, 2.05) is 24.3 Å². The van der Waals surface area contributed by atoms with Crippen LogP contribution in [0.1, 0.15) is 53.8 Å². The third-order valence-electron chi connectivity index (χ3n) is 4.34. The van der Waals surface area contributed by atoms with Crippen molar-refractivity contribution in [3.8, 4) is 0 Å². The van der Waals surface area contributed by atoms with Crippen molar-refractivity contribution in [3.05, 3.63) is 45.4 Å². The highest BCUT2D eigenvalue weighted by Crippen LogP contribution is 2.22. The standard InChI is InChI=1S/C18H22ClN3OS/c19-18-21-12-14(24-18)11-20-16-10-6-5-9-15(16)17(23)22-13-7-3-1-2-4-8-13/h5-6,9-10,12-13,20H,1-4,7-8,11H2,(H,22,23). The van der Waals surface area contributed by atoms with Crippen molar-refractivity contribution in [2.24, 2.45) is 0 Å². The molecule has 0 spiro atoms. The Kier molecular flexibility index (Phi) is 6.10. The molecule has 1 amide bonds. The molecule has 6 heteroatoms. The Morgan fingerprint density at radius 1 is 1.21 bits per heavy atom. The fourth-order valence-corrected chi connectivity index (χ4v) is 3.99. The van der Waals surface area contributed by atoms with Crippen molar-refractivity contribution in [1.29, 1.82) is 0 Å². The van der Waals surface area contributed by atoms with Crippen molar-refractivity contribution in [3.63, 3.8) is 0 Å². The van der Waals surface area contributed by atoms with Crippen molar-refractivity contribution >= 4 is 34.5 Å². The van der Waals surface area contributed by atoms with E-state index in [0.717, 1.165) is 23.4 Å². The van der Waals surface area contributed by atoms with Gasteiger partial charge < -0.3 is 10.6 Å². The van der Waals surface area contributed by atoms with E-state index in [1.54, 1.807) is 6.20 Å². The Bertz CT molecular complexity index is 680. The molecule has 2 aromatic rings. The highest BCUT2D eigenvalue weighted by atomic mass is 35.5. The lowest BCUT2D eigenvalue weighted by atomic mass is 10.1. The van der Waals surface area contributed by atoms with Crippen LogP contribution in [0.5, 0.6) is 0 Å². The van der Waals surface area contributed by atoms with Gasteiger partial charge in [0.15, 0.2) is 4.47 Å². The second kappa shape index (κ2) is 8.49. The van der Waals surface area contributed by atoms with Crippen LogP contribution in [-0.4, -0.2) is 16.9 Å². The molecule has 1 heterocycles. The summed E-state index contributed by atoms with van der Waals surface area (Å²) in [7, 11) is 0. The fraction of sp³-hybridized carbons (Fsp3) is 0.444. The first kappa shape index (κ1) is 17.2. The van der Waals surface area contributed by atoms with Crippen LogP contribution in [0.4, 0.5) is 5.69 Å². The summed E-state index contributed by atoms with van der Waals surface area (Å²) >= 11 is 7.30. The minimum absolute atomic E-state index is 0.00679. The Morgan fingerprint density at radius 2 is 1.96 bits per heavy atom. The molecular weight excluding hydrogens is 342 g/mol. The predicted octanol–water partition coefficient (Wildman–Crippen LogP) is 4.86. The number of anilines is 1. The number of hydrogen-bond donors (Lipinski definition) is 2. The minimum Gasteiger partial charge on any atom is -0.379 e. The summed E-state index contributed by atoms with van der Waals surface area (Å²) in [5.41, 5.74) is 1.53. The van der Waals surface area contributed by atoms with Gasteiger partial charge in [0, 0.05) is 22.8 Å². The molecular formula is C18H22ClN3OS. The van der Waals surface area contributed by atoms with Crippen LogP contribution >= 0.6 is 22.9 Å². The number of amides is 1. The summed E-state index contributed by atoms with van der Waals surface area (Å²) in [4.78, 5) is 17.8. The highest BCUT2D eigenvalue weighted by Gasteiger charge is 2.17. The number of para-hydroxylation sites is 1. The molecule has 1 saturated carbocycles. The molecule has 0 unspecified atom stereocenters. The number of carbonyl (C=O) groups is 1. The summed E-state index contributed by atoms with van der Waals surface area (Å²) < 4.78 is 0.534. The quantitative estimate of drug-likeness (QED) is 0.746. The van der Waals surface area contributed by atoms with Crippen LogP contribution in [-0.2, 0) is 6.54 Å². The molecule has 0 radical (unpaired) electrons. The number of nitrogens with zero attached hydrogens (tertiary/aromatic N) is 1. The summed E-state index contributed by atoms with van der Waals surface area (Å²) in [6.07, 6.45) is 8.90. The number of thiazole rings is 1. The number of carbonyl (C=O) groups excluding carboxylic acids is 1. The molecule has 1 aliphatic rings. The zero-order chi connectivity index (χ0) is 16.8. The fourth-order valence-electron chi connectivity index (χ4n) is 3.07. The van der Waals surface area contributed by atoms with Crippen molar-refractivity contribution < 1.29 is 4.79 Å². The maximum atomic E-state index is 12.7. The summed E-state index contributed by atoms with van der Waals surface area (Å²) in [6.45, 7) is 0.609. The number of benzene rings is 1. The SMILES string of the molecule is O=C(NC1CCCCCC1)c1ccccc1NCc1cnc(Cl)s1. The second-order valence-corrected chi connectivity index (χ2v) is 7.84. The highest BCUT2D eigenvalue weighted by molar-refractivity contribution is 7.15. The maximum absolute atomic E-state index is 12.7. The monoisotopic (exact) mass is 363 g/mol. The van der Waals surface area contributed by atoms with E-state index in [1.165, 1.54) is 37.0 Å². The molecule has 1 aliphatic carbocycles. The lowest BCUT2D eigenvalue weighted by molar-refractivity contribution is 0.0934. The van der Waals surface area contributed by atoms with Crippen molar-refractivity contribution in [2.45, 2.75) is 51.1 Å². The van der Waals surface area contributed by atoms with Gasteiger partial charge in [0.25, 0.3) is 5.91 Å². The van der Waals surface area contributed by atoms with Crippen LogP contribution in [0.15, 0.2) is 30.5 Å². The Balaban J connectivity index is 1.65. The lowest BCUT2D eigenvalue weighted by Gasteiger charge is -2.18. The van der Waals surface area contributed by atoms with E-state index < -0.39 is 0 Å². The molecule has 0 aliphatic heterocycles. The summed E-state index contributed by atoms with van der Waals surface area (Å²) in [5, 5.41) is 6.53. The van der Waals surface area contributed by atoms with Gasteiger partial charge in [-0.15, -0.1) is 11.3 Å². The molecule has 4 nitrogen and oxygen atoms in total. The van der Waals surface area contributed by atoms with Gasteiger partial charge in [-0.05, 0) is 25.0 Å². The second-order valence-electron chi connectivity index (χ2n) is 6.14. The molecule has 1 aromatic carbocycles. The normalized spacial score (nSPS) is 15.7. The largest absolute Gasteiger partial charge is 0.379 e. The van der Waals surface area contributed by atoms with Crippen LogP contribution in [0, 0.1) is 0 Å². The molecule has 1 fully saturated rings. The number of hydrogen-bond acceptors (Lipinski definition) is 4. The Morgan fingerprint density at radius 3 is 2.67 bits per heavy atom. The van der Waals surface area contributed by atoms with Crippen LogP contribution in [0.3, 0.4) is 0 Å². The van der Waals surface area contributed by atoms with Gasteiger partial charge in [0.1, 0.15) is 0 Å². The molecule has 0 atom stereocenters. The van der Waals surface area contributed by atoms with Gasteiger partial charge in [-0.1, -0.05) is 49.4 Å². The summed E-state index contributed by atoms with van der Waals surface area (Å²) in [6, 6.07) is 7.94. The molecule has 0 saturated heterocycles. The van der Waals surface area contributed by atoms with E-state index >= 15 is 0 Å². The van der Waals surface area contributed by atoms with Gasteiger partial charge in [-0.2, -0.15) is 0 Å². The van der Waals surface area contributed by atoms with Crippen molar-refractivity contribution in [1.82, 2.24) is 10.3 Å². The maximum Gasteiger partial charge on any atom is 0.253 e. The third-order valence-corrected chi connectivity index (χ3v) is 5.46. The zero-order valence-electron chi connectivity index (χ0n) is 13.6. The topological polar surface area (TPSA) is 54.0 Å². The predicted molar refractivity (Wildman–Crippen MR) is 99.8 cm³/mol. The van der Waals surface area contributed by atoms with E-state index in [2.05, 4.69) is 15.6 Å². The lowest BCUT2D eigenvalue weighted by Crippen LogP contribution is -2.34. The first-order valence-electron chi connectivity index (χ1n) is 8.46. The molecule has 128 valence electrons. The molecule has 1 aromatic heterocycles. The zero-order valence-corrected chi connectivity index (χ0v) is 15.1. The van der Waals surface area contributed by atoms with Crippen LogP contribution < -0.4 is 10.6 Å². The number of halogens is 1. The van der Waals surface area contributed by atoms with Gasteiger partial charge in [-0.25, -0.2) is 4.98 Å². The first-order chi connectivity index (χ1) is 11.7. The van der Waals surface area contributed by atoms with Gasteiger partial charge in [0.2, 0.25) is 0 Å². The number of rotatable bonds is 5. The van der Waals surface area contributed by atoms with E-state index in [9.17, 15) is 4.79 Å². The average molecular weight is 364 g/mol. The average Bonchev–Trinajstić information content (AvgIpc) is 2.84. The van der Waals surface area contributed by atoms with Gasteiger partial charge >= 0.3 is 0 Å².